The topological polar surface area (TPSA) is 30.7 Å². The van der Waals surface area contributed by atoms with Crippen molar-refractivity contribution >= 4 is 107 Å². The number of aromatic nitrogens is 3. The molecule has 10 rings (SSSR count). The molecule has 44 heavy (non-hydrogen) atoms. The van der Waals surface area contributed by atoms with Crippen LogP contribution < -0.4 is 0 Å². The molecule has 0 radical (unpaired) electrons. The number of halogens is 1. The molecular formula is C38H20ClN3S2. The van der Waals surface area contributed by atoms with Crippen molar-refractivity contribution in [2.24, 2.45) is 0 Å². The van der Waals surface area contributed by atoms with Gasteiger partial charge in [0.2, 0.25) is 5.28 Å². The molecule has 0 fully saturated rings. The summed E-state index contributed by atoms with van der Waals surface area (Å²) in [6, 6.07) is 43.6. The minimum atomic E-state index is 0.263. The lowest BCUT2D eigenvalue weighted by molar-refractivity contribution is 1.18. The maximum atomic E-state index is 6.54. The molecule has 0 saturated heterocycles. The fourth-order valence-corrected chi connectivity index (χ4v) is 9.52. The fourth-order valence-electron chi connectivity index (χ4n) is 6.99. The van der Waals surface area contributed by atoms with E-state index in [2.05, 4.69) is 131 Å². The Morgan fingerprint density at radius 3 is 2.02 bits per heavy atom. The van der Waals surface area contributed by atoms with Crippen molar-refractivity contribution < 1.29 is 0 Å². The molecule has 0 unspecified atom stereocenters. The van der Waals surface area contributed by atoms with E-state index >= 15 is 0 Å². The lowest BCUT2D eigenvalue weighted by atomic mass is 10.00. The van der Waals surface area contributed by atoms with Gasteiger partial charge in [-0.3, -0.25) is 0 Å². The van der Waals surface area contributed by atoms with Crippen LogP contribution in [0.4, 0.5) is 0 Å². The largest absolute Gasteiger partial charge is 0.309 e. The zero-order valence-corrected chi connectivity index (χ0v) is 25.5. The summed E-state index contributed by atoms with van der Waals surface area (Å²) in [5.41, 5.74) is 5.37. The molecule has 0 amide bonds. The Labute approximate surface area is 264 Å². The molecular weight excluding hydrogens is 598 g/mol. The Kier molecular flexibility index (Phi) is 5.09. The van der Waals surface area contributed by atoms with Crippen LogP contribution >= 0.6 is 34.3 Å². The van der Waals surface area contributed by atoms with Crippen molar-refractivity contribution in [1.29, 1.82) is 0 Å². The van der Waals surface area contributed by atoms with Crippen molar-refractivity contribution in [3.63, 3.8) is 0 Å². The lowest BCUT2D eigenvalue weighted by Gasteiger charge is -2.12. The van der Waals surface area contributed by atoms with Crippen LogP contribution in [0.2, 0.25) is 5.28 Å². The number of rotatable bonds is 2. The van der Waals surface area contributed by atoms with Gasteiger partial charge in [-0.2, -0.15) is 0 Å². The smallest absolute Gasteiger partial charge is 0.224 e. The average Bonchev–Trinajstić information content (AvgIpc) is 3.74. The summed E-state index contributed by atoms with van der Waals surface area (Å²) in [4.78, 5) is 10.3. The number of nitrogens with zero attached hydrogens (tertiary/aromatic N) is 3. The van der Waals surface area contributed by atoms with E-state index < -0.39 is 0 Å². The Bertz CT molecular complexity index is 2800. The van der Waals surface area contributed by atoms with Gasteiger partial charge in [-0.15, -0.1) is 22.7 Å². The highest BCUT2D eigenvalue weighted by atomic mass is 35.5. The summed E-state index contributed by atoms with van der Waals surface area (Å²) < 4.78 is 6.25. The van der Waals surface area contributed by atoms with Gasteiger partial charge in [-0.25, -0.2) is 9.97 Å². The quantitative estimate of drug-likeness (QED) is 0.181. The van der Waals surface area contributed by atoms with E-state index in [1.165, 1.54) is 57.5 Å². The highest BCUT2D eigenvalue weighted by Crippen LogP contribution is 2.48. The second kappa shape index (κ2) is 9.10. The summed E-state index contributed by atoms with van der Waals surface area (Å²) in [5.74, 6) is 0. The van der Waals surface area contributed by atoms with Crippen LogP contribution in [0.3, 0.4) is 0 Å². The molecule has 0 saturated carbocycles. The number of fused-ring (bicyclic) bond motifs is 13. The van der Waals surface area contributed by atoms with Crippen LogP contribution in [0.5, 0.6) is 0 Å². The molecule has 4 heterocycles. The molecule has 3 nitrogen and oxygen atoms in total. The van der Waals surface area contributed by atoms with E-state index in [4.69, 9.17) is 16.6 Å². The summed E-state index contributed by atoms with van der Waals surface area (Å²) in [5, 5.41) is 10.2. The highest BCUT2D eigenvalue weighted by Gasteiger charge is 2.22. The van der Waals surface area contributed by atoms with Gasteiger partial charge in [0.1, 0.15) is 4.83 Å². The van der Waals surface area contributed by atoms with E-state index in [-0.39, 0.29) is 5.28 Å². The van der Waals surface area contributed by atoms with Crippen LogP contribution in [0.1, 0.15) is 0 Å². The molecule has 4 aromatic heterocycles. The van der Waals surface area contributed by atoms with Crippen LogP contribution in [-0.2, 0) is 0 Å². The van der Waals surface area contributed by atoms with Gasteiger partial charge in [0.05, 0.1) is 16.7 Å². The van der Waals surface area contributed by atoms with Gasteiger partial charge in [-0.1, -0.05) is 91.0 Å². The zero-order chi connectivity index (χ0) is 28.9. The molecule has 0 spiro atoms. The maximum Gasteiger partial charge on any atom is 0.224 e. The van der Waals surface area contributed by atoms with E-state index in [1.54, 1.807) is 11.3 Å². The Morgan fingerprint density at radius 2 is 1.20 bits per heavy atom. The highest BCUT2D eigenvalue weighted by molar-refractivity contribution is 7.27. The van der Waals surface area contributed by atoms with Gasteiger partial charge in [-0.05, 0) is 47.3 Å². The van der Waals surface area contributed by atoms with Crippen molar-refractivity contribution in [1.82, 2.24) is 14.5 Å². The summed E-state index contributed by atoms with van der Waals surface area (Å²) in [6.07, 6.45) is 0. The molecule has 206 valence electrons. The van der Waals surface area contributed by atoms with E-state index in [9.17, 15) is 0 Å². The number of para-hydroxylation sites is 1. The average molecular weight is 618 g/mol. The number of thiophene rings is 2. The first-order chi connectivity index (χ1) is 21.7. The molecule has 6 heteroatoms. The van der Waals surface area contributed by atoms with Gasteiger partial charge >= 0.3 is 0 Å². The standard InChI is InChI=1S/C38H20ClN3S2/c39-38-40-34(32-26-15-4-8-19-30(26)44-37(32)41-38)21-10-9-11-22(20-21)42-28-17-6-3-14-25(28)31-23-12-1-2-13-24(23)36-33(35(31)42)27-16-5-7-18-29(27)43-36/h1-20H. The van der Waals surface area contributed by atoms with Crippen molar-refractivity contribution in [2.75, 3.05) is 0 Å². The molecule has 6 aromatic carbocycles. The van der Waals surface area contributed by atoms with Gasteiger partial charge in [0.15, 0.2) is 0 Å². The van der Waals surface area contributed by atoms with Crippen LogP contribution in [-0.4, -0.2) is 14.5 Å². The third-order valence-corrected chi connectivity index (χ3v) is 11.2. The number of benzene rings is 6. The lowest BCUT2D eigenvalue weighted by Crippen LogP contribution is -1.96. The molecule has 10 aromatic rings. The fraction of sp³-hybridized carbons (Fsp3) is 0. The monoisotopic (exact) mass is 617 g/mol. The molecule has 0 aliphatic heterocycles. The van der Waals surface area contributed by atoms with Gasteiger partial charge < -0.3 is 4.57 Å². The number of hydrogen-bond donors (Lipinski definition) is 0. The minimum Gasteiger partial charge on any atom is -0.309 e. The summed E-state index contributed by atoms with van der Waals surface area (Å²) >= 11 is 10.1. The zero-order valence-electron chi connectivity index (χ0n) is 23.1. The SMILES string of the molecule is Clc1nc(-c2cccc(-n3c4ccccc4c4c5ccccc5c5sc6ccccc6c5c43)c2)c2c(n1)sc1ccccc12. The molecule has 0 bridgehead atoms. The Morgan fingerprint density at radius 1 is 0.545 bits per heavy atom. The van der Waals surface area contributed by atoms with Crippen LogP contribution in [0.15, 0.2) is 121 Å². The Balaban J connectivity index is 1.37. The first kappa shape index (κ1) is 24.6. The second-order valence-electron chi connectivity index (χ2n) is 11.1. The summed E-state index contributed by atoms with van der Waals surface area (Å²) in [7, 11) is 0. The third-order valence-electron chi connectivity index (χ3n) is 8.74. The van der Waals surface area contributed by atoms with Crippen molar-refractivity contribution in [2.45, 2.75) is 0 Å². The second-order valence-corrected chi connectivity index (χ2v) is 13.5. The van der Waals surface area contributed by atoms with E-state index in [0.29, 0.717) is 0 Å². The predicted octanol–water partition coefficient (Wildman–Crippen LogP) is 11.8. The summed E-state index contributed by atoms with van der Waals surface area (Å²) in [6.45, 7) is 0. The van der Waals surface area contributed by atoms with Crippen LogP contribution in [0.25, 0.3) is 90.0 Å². The minimum absolute atomic E-state index is 0.263. The van der Waals surface area contributed by atoms with Gasteiger partial charge in [0, 0.05) is 63.1 Å². The normalized spacial score (nSPS) is 12.2. The first-order valence-corrected chi connectivity index (χ1v) is 16.5. The molecule has 0 atom stereocenters. The van der Waals surface area contributed by atoms with Crippen molar-refractivity contribution in [3.8, 4) is 16.9 Å². The Hall–Kier alpha value is -4.81. The van der Waals surface area contributed by atoms with Crippen molar-refractivity contribution in [3.05, 3.63) is 127 Å². The van der Waals surface area contributed by atoms with Gasteiger partial charge in [0.25, 0.3) is 0 Å². The third kappa shape index (κ3) is 3.32. The first-order valence-electron chi connectivity index (χ1n) is 14.5. The predicted molar refractivity (Wildman–Crippen MR) is 190 cm³/mol. The van der Waals surface area contributed by atoms with E-state index in [1.807, 2.05) is 11.3 Å². The molecule has 0 aliphatic rings. The van der Waals surface area contributed by atoms with E-state index in [0.717, 1.165) is 32.5 Å². The van der Waals surface area contributed by atoms with Crippen LogP contribution in [0, 0.1) is 0 Å². The maximum absolute atomic E-state index is 6.54. The molecule has 0 N–H and O–H groups in total. The number of hydrogen-bond acceptors (Lipinski definition) is 4. The molecule has 0 aliphatic carbocycles.